The molecule has 2 aromatic carbocycles. The molecule has 3 aromatic rings. The molecule has 0 fully saturated rings. The molecule has 0 bridgehead atoms. The van der Waals surface area contributed by atoms with Crippen LogP contribution in [-0.2, 0) is 17.1 Å². The number of hydrogen-bond donors (Lipinski definition) is 1. The van der Waals surface area contributed by atoms with Crippen LogP contribution < -0.4 is 15.5 Å². The van der Waals surface area contributed by atoms with Gasteiger partial charge in [-0.3, -0.25) is 9.59 Å². The Bertz CT molecular complexity index is 1110. The molecule has 0 radical (unpaired) electrons. The fourth-order valence-electron chi connectivity index (χ4n) is 2.92. The van der Waals surface area contributed by atoms with Crippen LogP contribution in [0.3, 0.4) is 0 Å². The molecule has 7 heteroatoms. The van der Waals surface area contributed by atoms with Gasteiger partial charge in [0.05, 0.1) is 13.3 Å². The van der Waals surface area contributed by atoms with Gasteiger partial charge in [0, 0.05) is 33.1 Å². The highest BCUT2D eigenvalue weighted by Crippen LogP contribution is 2.24. The third-order valence-corrected chi connectivity index (χ3v) is 5.88. The number of aromatic nitrogens is 1. The minimum absolute atomic E-state index is 0.0700. The molecule has 5 nitrogen and oxygen atoms in total. The molecule has 0 atom stereocenters. The number of carbonyl (C=O) groups is 1. The first-order valence-electron chi connectivity index (χ1n) is 9.38. The van der Waals surface area contributed by atoms with Crippen LogP contribution >= 0.6 is 23.4 Å². The summed E-state index contributed by atoms with van der Waals surface area (Å²) in [4.78, 5) is 26.0. The first-order valence-corrected chi connectivity index (χ1v) is 10.7. The highest BCUT2D eigenvalue weighted by Gasteiger charge is 2.12. The van der Waals surface area contributed by atoms with Gasteiger partial charge in [0.2, 0.25) is 11.3 Å². The fourth-order valence-corrected chi connectivity index (χ4v) is 3.94. The summed E-state index contributed by atoms with van der Waals surface area (Å²) < 4.78 is 6.92. The van der Waals surface area contributed by atoms with E-state index in [1.165, 1.54) is 13.2 Å². The van der Waals surface area contributed by atoms with Gasteiger partial charge in [0.1, 0.15) is 6.54 Å². The molecule has 156 valence electrons. The maximum atomic E-state index is 12.7. The lowest BCUT2D eigenvalue weighted by molar-refractivity contribution is -0.116. The quantitative estimate of drug-likeness (QED) is 0.519. The van der Waals surface area contributed by atoms with Crippen LogP contribution in [0.5, 0.6) is 5.75 Å². The molecule has 1 amide bonds. The predicted molar refractivity (Wildman–Crippen MR) is 123 cm³/mol. The van der Waals surface area contributed by atoms with Crippen LogP contribution in [-0.4, -0.2) is 17.6 Å². The summed E-state index contributed by atoms with van der Waals surface area (Å²) in [6.07, 6.45) is 1.59. The zero-order valence-corrected chi connectivity index (χ0v) is 18.6. The number of hydrogen-bond acceptors (Lipinski definition) is 4. The molecular weight excluding hydrogens is 420 g/mol. The number of thioether (sulfide) groups is 1. The topological polar surface area (TPSA) is 60.3 Å². The lowest BCUT2D eigenvalue weighted by Crippen LogP contribution is -2.23. The molecule has 0 aliphatic carbocycles. The van der Waals surface area contributed by atoms with E-state index < -0.39 is 0 Å². The van der Waals surface area contributed by atoms with Gasteiger partial charge in [-0.05, 0) is 55.3 Å². The Morgan fingerprint density at radius 1 is 1.13 bits per heavy atom. The van der Waals surface area contributed by atoms with E-state index in [1.54, 1.807) is 22.5 Å². The van der Waals surface area contributed by atoms with Crippen LogP contribution in [0.2, 0.25) is 5.02 Å². The molecule has 0 spiro atoms. The lowest BCUT2D eigenvalue weighted by Gasteiger charge is -2.16. The third kappa shape index (κ3) is 5.68. The van der Waals surface area contributed by atoms with Gasteiger partial charge in [-0.2, -0.15) is 0 Å². The second kappa shape index (κ2) is 9.87. The average Bonchev–Trinajstić information content (AvgIpc) is 2.71. The second-order valence-corrected chi connectivity index (χ2v) is 8.42. The van der Waals surface area contributed by atoms with Gasteiger partial charge in [-0.1, -0.05) is 23.7 Å². The van der Waals surface area contributed by atoms with Crippen molar-refractivity contribution in [2.45, 2.75) is 31.0 Å². The zero-order chi connectivity index (χ0) is 21.7. The molecule has 0 saturated heterocycles. The number of rotatable bonds is 7. The number of pyridine rings is 1. The number of ether oxygens (including phenoxy) is 1. The number of aryl methyl sites for hydroxylation is 2. The molecule has 30 heavy (non-hydrogen) atoms. The van der Waals surface area contributed by atoms with E-state index in [0.29, 0.717) is 10.8 Å². The number of amides is 1. The Hall–Kier alpha value is -2.70. The standard InChI is InChI=1S/C23H23ClN2O3S/c1-15-4-5-16(2)20(10-15)25-23(28)13-26-12-22(29-3)21(27)11-18(26)14-30-19-8-6-17(24)7-9-19/h4-12H,13-14H2,1-3H3,(H,25,28). The highest BCUT2D eigenvalue weighted by atomic mass is 35.5. The number of anilines is 1. The van der Waals surface area contributed by atoms with Crippen molar-refractivity contribution in [3.63, 3.8) is 0 Å². The van der Waals surface area contributed by atoms with Crippen LogP contribution in [0.4, 0.5) is 5.69 Å². The summed E-state index contributed by atoms with van der Waals surface area (Å²) in [5.41, 5.74) is 3.36. The van der Waals surface area contributed by atoms with Crippen molar-refractivity contribution in [3.05, 3.63) is 86.8 Å². The van der Waals surface area contributed by atoms with Crippen molar-refractivity contribution in [2.24, 2.45) is 0 Å². The molecule has 0 unspecified atom stereocenters. The molecule has 0 saturated carbocycles. The minimum atomic E-state index is -0.213. The molecular formula is C23H23ClN2O3S. The van der Waals surface area contributed by atoms with Gasteiger partial charge in [0.25, 0.3) is 0 Å². The molecule has 0 aliphatic heterocycles. The highest BCUT2D eigenvalue weighted by molar-refractivity contribution is 7.98. The first kappa shape index (κ1) is 22.0. The van der Waals surface area contributed by atoms with E-state index in [0.717, 1.165) is 27.4 Å². The Labute approximate surface area is 185 Å². The van der Waals surface area contributed by atoms with Crippen molar-refractivity contribution in [1.29, 1.82) is 0 Å². The monoisotopic (exact) mass is 442 g/mol. The Morgan fingerprint density at radius 3 is 2.57 bits per heavy atom. The summed E-state index contributed by atoms with van der Waals surface area (Å²) >= 11 is 7.50. The SMILES string of the molecule is COc1cn(CC(=O)Nc2cc(C)ccc2C)c(CSc2ccc(Cl)cc2)cc1=O. The molecule has 3 rings (SSSR count). The number of methoxy groups -OCH3 is 1. The number of nitrogens with one attached hydrogen (secondary N) is 1. The van der Waals surface area contributed by atoms with Crippen molar-refractivity contribution < 1.29 is 9.53 Å². The summed E-state index contributed by atoms with van der Waals surface area (Å²) in [6.45, 7) is 4.00. The van der Waals surface area contributed by atoms with E-state index in [4.69, 9.17) is 16.3 Å². The lowest BCUT2D eigenvalue weighted by atomic mass is 10.1. The summed E-state index contributed by atoms with van der Waals surface area (Å²) in [7, 11) is 1.44. The van der Waals surface area contributed by atoms with Crippen molar-refractivity contribution in [1.82, 2.24) is 4.57 Å². The smallest absolute Gasteiger partial charge is 0.244 e. The first-order chi connectivity index (χ1) is 14.4. The molecule has 1 aromatic heterocycles. The van der Waals surface area contributed by atoms with E-state index in [1.807, 2.05) is 56.3 Å². The van der Waals surface area contributed by atoms with Crippen LogP contribution in [0.15, 0.2) is 64.4 Å². The molecule has 1 N–H and O–H groups in total. The van der Waals surface area contributed by atoms with Crippen molar-refractivity contribution in [3.8, 4) is 5.75 Å². The maximum Gasteiger partial charge on any atom is 0.244 e. The average molecular weight is 443 g/mol. The maximum absolute atomic E-state index is 12.7. The van der Waals surface area contributed by atoms with Crippen LogP contribution in [0.25, 0.3) is 0 Å². The van der Waals surface area contributed by atoms with Crippen molar-refractivity contribution >= 4 is 35.0 Å². The normalized spacial score (nSPS) is 10.7. The Kier molecular flexibility index (Phi) is 7.24. The van der Waals surface area contributed by atoms with E-state index >= 15 is 0 Å². The number of carbonyl (C=O) groups excluding carboxylic acids is 1. The Balaban J connectivity index is 1.80. The predicted octanol–water partition coefficient (Wildman–Crippen LogP) is 5.06. The minimum Gasteiger partial charge on any atom is -0.491 e. The van der Waals surface area contributed by atoms with Crippen molar-refractivity contribution in [2.75, 3.05) is 12.4 Å². The number of nitrogens with zero attached hydrogens (tertiary/aromatic N) is 1. The molecule has 0 aliphatic rings. The number of halogens is 1. The summed E-state index contributed by atoms with van der Waals surface area (Å²) in [5, 5.41) is 3.63. The summed E-state index contributed by atoms with van der Waals surface area (Å²) in [5.74, 6) is 0.555. The van der Waals surface area contributed by atoms with E-state index in [-0.39, 0.29) is 23.6 Å². The molecule has 1 heterocycles. The van der Waals surface area contributed by atoms with Gasteiger partial charge >= 0.3 is 0 Å². The van der Waals surface area contributed by atoms with Crippen LogP contribution in [0.1, 0.15) is 16.8 Å². The van der Waals surface area contributed by atoms with E-state index in [9.17, 15) is 9.59 Å². The van der Waals surface area contributed by atoms with E-state index in [2.05, 4.69) is 5.32 Å². The summed E-state index contributed by atoms with van der Waals surface area (Å²) in [6, 6.07) is 14.9. The second-order valence-electron chi connectivity index (χ2n) is 6.93. The van der Waals surface area contributed by atoms with Gasteiger partial charge in [0.15, 0.2) is 5.75 Å². The van der Waals surface area contributed by atoms with Gasteiger partial charge in [-0.25, -0.2) is 0 Å². The van der Waals surface area contributed by atoms with Gasteiger partial charge < -0.3 is 14.6 Å². The number of benzene rings is 2. The Morgan fingerprint density at radius 2 is 1.87 bits per heavy atom. The van der Waals surface area contributed by atoms with Crippen LogP contribution in [0, 0.1) is 13.8 Å². The fraction of sp³-hybridized carbons (Fsp3) is 0.217. The van der Waals surface area contributed by atoms with Gasteiger partial charge in [-0.15, -0.1) is 11.8 Å². The zero-order valence-electron chi connectivity index (χ0n) is 17.1. The largest absolute Gasteiger partial charge is 0.491 e. The third-order valence-electron chi connectivity index (χ3n) is 4.58.